The van der Waals surface area contributed by atoms with Crippen molar-refractivity contribution in [3.8, 4) is 17.2 Å². The van der Waals surface area contributed by atoms with Crippen molar-refractivity contribution in [2.75, 3.05) is 39.9 Å². The first-order chi connectivity index (χ1) is 22.6. The molecule has 6 rings (SSSR count). The van der Waals surface area contributed by atoms with Crippen molar-refractivity contribution in [1.82, 2.24) is 4.90 Å². The number of nitrogens with two attached hydrogens (primary N) is 1. The number of hydrogen-bond donors (Lipinski definition) is 6. The molecule has 254 valence electrons. The van der Waals surface area contributed by atoms with Crippen LogP contribution >= 0.6 is 0 Å². The van der Waals surface area contributed by atoms with Gasteiger partial charge in [-0.25, -0.2) is 0 Å². The van der Waals surface area contributed by atoms with Gasteiger partial charge in [0.25, 0.3) is 5.91 Å². The van der Waals surface area contributed by atoms with Crippen LogP contribution in [0.3, 0.4) is 0 Å². The highest BCUT2D eigenvalue weighted by Gasteiger charge is 2.67. The van der Waals surface area contributed by atoms with Crippen LogP contribution in [0.5, 0.6) is 17.2 Å². The highest BCUT2D eigenvalue weighted by atomic mass is 16.7. The zero-order valence-corrected chi connectivity index (χ0v) is 26.8. The molecule has 14 nitrogen and oxygen atoms in total. The molecule has 1 aliphatic heterocycles. The summed E-state index contributed by atoms with van der Waals surface area (Å²) in [6.07, 6.45) is -1.57. The smallest absolute Gasteiger partial charge is 0.255 e. The van der Waals surface area contributed by atoms with Crippen molar-refractivity contribution >= 4 is 34.7 Å². The van der Waals surface area contributed by atoms with Gasteiger partial charge in [0.2, 0.25) is 12.6 Å². The predicted octanol–water partition coefficient (Wildman–Crippen LogP) is 0.474. The Balaban J connectivity index is 1.40. The summed E-state index contributed by atoms with van der Waals surface area (Å²) < 4.78 is 10.7. The van der Waals surface area contributed by atoms with Crippen LogP contribution in [0.1, 0.15) is 28.7 Å². The Labute approximate surface area is 275 Å². The number of rotatable bonds is 8. The minimum atomic E-state index is -3.00. The molecule has 48 heavy (non-hydrogen) atoms. The maximum Gasteiger partial charge on any atom is 0.255 e. The van der Waals surface area contributed by atoms with Crippen molar-refractivity contribution in [2.45, 2.75) is 43.4 Å². The molecule has 14 heteroatoms. The molecular formula is C34H37N3O11. The van der Waals surface area contributed by atoms with Gasteiger partial charge in [0.1, 0.15) is 28.6 Å². The lowest BCUT2D eigenvalue weighted by molar-refractivity contribution is -0.168. The third kappa shape index (κ3) is 4.81. The fourth-order valence-electron chi connectivity index (χ4n) is 7.59. The summed E-state index contributed by atoms with van der Waals surface area (Å²) in [6.45, 7) is 0.106. The van der Waals surface area contributed by atoms with Crippen LogP contribution in [0, 0.1) is 11.8 Å². The lowest BCUT2D eigenvalue weighted by Crippen LogP contribution is -2.70. The number of primary amides is 1. The molecule has 5 atom stereocenters. The van der Waals surface area contributed by atoms with E-state index in [-0.39, 0.29) is 43.8 Å². The van der Waals surface area contributed by atoms with Crippen molar-refractivity contribution in [1.29, 1.82) is 0 Å². The number of aromatic hydroxyl groups is 1. The summed E-state index contributed by atoms with van der Waals surface area (Å²) in [6, 6.07) is 5.47. The lowest BCUT2D eigenvalue weighted by atomic mass is 9.56. The van der Waals surface area contributed by atoms with Gasteiger partial charge in [0, 0.05) is 44.1 Å². The molecule has 1 heterocycles. The Bertz CT molecular complexity index is 1850. The molecule has 0 aromatic heterocycles. The van der Waals surface area contributed by atoms with Gasteiger partial charge in [-0.15, -0.1) is 0 Å². The van der Waals surface area contributed by atoms with Crippen LogP contribution in [-0.4, -0.2) is 106 Å². The molecule has 0 saturated heterocycles. The number of Topliss-reactive ketones (excluding diaryl/α,β-unsaturated/α-hetero) is 3. The Hall–Kier alpha value is -4.92. The van der Waals surface area contributed by atoms with Gasteiger partial charge in [-0.2, -0.15) is 0 Å². The minimum absolute atomic E-state index is 0.0290. The first kappa shape index (κ1) is 33.0. The van der Waals surface area contributed by atoms with E-state index in [1.807, 2.05) is 0 Å². The zero-order valence-electron chi connectivity index (χ0n) is 26.8. The topological polar surface area (TPSA) is 220 Å². The number of anilines is 1. The number of fused-ring (bicyclic) bond motifs is 4. The van der Waals surface area contributed by atoms with E-state index >= 15 is 0 Å². The summed E-state index contributed by atoms with van der Waals surface area (Å²) in [7, 11) is 6.36. The predicted molar refractivity (Wildman–Crippen MR) is 170 cm³/mol. The minimum Gasteiger partial charge on any atom is -0.508 e. The van der Waals surface area contributed by atoms with E-state index in [1.54, 1.807) is 43.3 Å². The molecule has 4 aliphatic rings. The van der Waals surface area contributed by atoms with Crippen LogP contribution in [-0.2, 0) is 38.4 Å². The zero-order chi connectivity index (χ0) is 35.0. The number of amides is 1. The summed E-state index contributed by atoms with van der Waals surface area (Å²) in [5.74, 6) is -7.80. The fraction of sp³-hybridized carbons (Fsp3) is 0.412. The van der Waals surface area contributed by atoms with E-state index in [4.69, 9.17) is 15.2 Å². The van der Waals surface area contributed by atoms with Crippen LogP contribution in [0.2, 0.25) is 0 Å². The van der Waals surface area contributed by atoms with Gasteiger partial charge in [-0.05, 0) is 61.8 Å². The molecule has 3 aliphatic carbocycles. The molecule has 0 bridgehead atoms. The molecule has 2 aromatic rings. The number of phenols is 1. The Morgan fingerprint density at radius 1 is 1.04 bits per heavy atom. The van der Waals surface area contributed by atoms with Gasteiger partial charge in [-0.3, -0.25) is 24.1 Å². The Kier molecular flexibility index (Phi) is 8.01. The van der Waals surface area contributed by atoms with Gasteiger partial charge < -0.3 is 45.6 Å². The number of ketones is 3. The highest BCUT2D eigenvalue weighted by Crippen LogP contribution is 2.54. The van der Waals surface area contributed by atoms with Crippen LogP contribution in [0.25, 0.3) is 5.76 Å². The molecule has 1 saturated carbocycles. The van der Waals surface area contributed by atoms with Gasteiger partial charge in [0.05, 0.1) is 23.6 Å². The second kappa shape index (κ2) is 11.6. The van der Waals surface area contributed by atoms with Crippen molar-refractivity contribution < 1.29 is 54.2 Å². The third-order valence-corrected chi connectivity index (χ3v) is 9.85. The monoisotopic (exact) mass is 663 g/mol. The van der Waals surface area contributed by atoms with E-state index in [9.17, 15) is 44.7 Å². The van der Waals surface area contributed by atoms with E-state index in [1.165, 1.54) is 19.0 Å². The molecule has 0 spiro atoms. The number of benzene rings is 2. The van der Waals surface area contributed by atoms with E-state index in [0.717, 1.165) is 5.56 Å². The van der Waals surface area contributed by atoms with Crippen molar-refractivity contribution in [3.63, 3.8) is 0 Å². The van der Waals surface area contributed by atoms with E-state index < -0.39 is 75.5 Å². The van der Waals surface area contributed by atoms with Crippen LogP contribution < -0.4 is 20.1 Å². The largest absolute Gasteiger partial charge is 0.508 e. The standard InChI is InChI=1S/C34H37N3O11/c1-36(2)19-11-15(6-7-16(38)9-14-5-8-20-21(10-14)48-13-47-20)27(39)22-17(19)12-18-23(29(22)41)31(43)34(46)25(28(18)40)26(37(3)4)30(42)24(32(34)44)33(35)45/h5,8,10-11,18,25-26,28,39-41,44,46H,6-7,9,12-13H2,1-4H3,(H2,35,45)/t18?,25-,26+,28+,34+/m1/s1. The number of phenolic OH excluding ortho intramolecular Hbond substituents is 1. The fourth-order valence-corrected chi connectivity index (χ4v) is 7.59. The molecule has 1 fully saturated rings. The molecular weight excluding hydrogens is 626 g/mol. The third-order valence-electron chi connectivity index (χ3n) is 9.85. The number of likely N-dealkylation sites (N-methyl/N-ethyl adjacent to an activating group) is 1. The first-order valence-corrected chi connectivity index (χ1v) is 15.4. The molecule has 7 N–H and O–H groups in total. The number of aryl methyl sites for hydroxylation is 1. The lowest BCUT2D eigenvalue weighted by Gasteiger charge is -2.52. The molecule has 1 unspecified atom stereocenters. The van der Waals surface area contributed by atoms with Gasteiger partial charge >= 0.3 is 0 Å². The Morgan fingerprint density at radius 3 is 2.38 bits per heavy atom. The summed E-state index contributed by atoms with van der Waals surface area (Å²) in [5.41, 5.74) is 2.75. The molecule has 0 radical (unpaired) electrons. The molecule has 2 aromatic carbocycles. The summed E-state index contributed by atoms with van der Waals surface area (Å²) in [5, 5.41) is 57.9. The summed E-state index contributed by atoms with van der Waals surface area (Å²) in [4.78, 5) is 55.8. The number of carbonyl (C=O) groups is 4. The summed E-state index contributed by atoms with van der Waals surface area (Å²) >= 11 is 0. The van der Waals surface area contributed by atoms with Gasteiger partial charge in [0.15, 0.2) is 22.9 Å². The average molecular weight is 664 g/mol. The second-order valence-electron chi connectivity index (χ2n) is 13.1. The maximum absolute atomic E-state index is 14.2. The van der Waals surface area contributed by atoms with Crippen LogP contribution in [0.4, 0.5) is 5.69 Å². The second-order valence-corrected chi connectivity index (χ2v) is 13.1. The quantitative estimate of drug-likeness (QED) is 0.212. The number of aliphatic hydroxyl groups excluding tert-OH is 3. The van der Waals surface area contributed by atoms with Crippen LogP contribution in [0.15, 0.2) is 41.2 Å². The van der Waals surface area contributed by atoms with E-state index in [2.05, 4.69) is 0 Å². The van der Waals surface area contributed by atoms with Crippen molar-refractivity contribution in [2.24, 2.45) is 17.6 Å². The SMILES string of the molecule is CN(C)c1cc(CCC(=O)Cc2ccc3c(c2)OCO3)c(O)c2c1CC1C(=C2O)C(=O)[C@]2(O)C(O)=C(C(N)=O)C(=O)[C@@H](N(C)C)[C@@H]2[C@H]1O. The Morgan fingerprint density at radius 2 is 1.73 bits per heavy atom. The maximum atomic E-state index is 14.2. The molecule has 1 amide bonds. The average Bonchev–Trinajstić information content (AvgIpc) is 3.48. The number of hydrogen-bond acceptors (Lipinski definition) is 13. The number of carbonyl (C=O) groups excluding carboxylic acids is 4. The number of aliphatic hydroxyl groups is 4. The normalized spacial score (nSPS) is 26.0. The highest BCUT2D eigenvalue weighted by molar-refractivity contribution is 6.24. The van der Waals surface area contributed by atoms with Crippen molar-refractivity contribution in [3.05, 3.63) is 63.4 Å². The number of nitrogens with zero attached hydrogens (tertiary/aromatic N) is 2. The first-order valence-electron chi connectivity index (χ1n) is 15.4. The number of ether oxygens (including phenoxy) is 2. The van der Waals surface area contributed by atoms with E-state index in [0.29, 0.717) is 28.3 Å². The van der Waals surface area contributed by atoms with Gasteiger partial charge in [-0.1, -0.05) is 6.07 Å².